The first-order valence-electron chi connectivity index (χ1n) is 9.84. The zero-order valence-electron chi connectivity index (χ0n) is 17.6. The number of hydrogen-bond donors (Lipinski definition) is 1. The smallest absolute Gasteiger partial charge is 0.337 e. The van der Waals surface area contributed by atoms with Crippen LogP contribution in [0.1, 0.15) is 30.9 Å². The molecule has 5 nitrogen and oxygen atoms in total. The lowest BCUT2D eigenvalue weighted by Gasteiger charge is -2.30. The summed E-state index contributed by atoms with van der Waals surface area (Å²) in [5, 5.41) is 3.03. The van der Waals surface area contributed by atoms with Crippen molar-refractivity contribution >= 4 is 18.0 Å². The Morgan fingerprint density at radius 1 is 0.968 bits per heavy atom. The Morgan fingerprint density at radius 3 is 2.23 bits per heavy atom. The summed E-state index contributed by atoms with van der Waals surface area (Å²) in [6.07, 6.45) is 3.56. The van der Waals surface area contributed by atoms with Crippen LogP contribution in [0.15, 0.2) is 83.2 Å². The molecule has 0 aromatic heterocycles. The zero-order chi connectivity index (χ0) is 22.4. The molecule has 0 saturated carbocycles. The number of benzene rings is 2. The van der Waals surface area contributed by atoms with Gasteiger partial charge in [-0.25, -0.2) is 14.0 Å². The van der Waals surface area contributed by atoms with Crippen LogP contribution in [0.5, 0.6) is 0 Å². The predicted molar refractivity (Wildman–Crippen MR) is 116 cm³/mol. The van der Waals surface area contributed by atoms with Gasteiger partial charge in [-0.3, -0.25) is 0 Å². The Bertz CT molecular complexity index is 1070. The van der Waals surface area contributed by atoms with Crippen molar-refractivity contribution in [3.63, 3.8) is 0 Å². The average molecular weight is 421 g/mol. The van der Waals surface area contributed by atoms with Crippen LogP contribution in [-0.2, 0) is 19.1 Å². The number of esters is 2. The molecule has 0 saturated heterocycles. The number of hydrogen-bond acceptors (Lipinski definition) is 5. The lowest BCUT2D eigenvalue weighted by molar-refractivity contribution is -0.138. The van der Waals surface area contributed by atoms with Gasteiger partial charge in [-0.15, -0.1) is 0 Å². The van der Waals surface area contributed by atoms with Crippen molar-refractivity contribution in [1.82, 2.24) is 5.32 Å². The molecule has 6 heteroatoms. The molecule has 2 aromatic rings. The van der Waals surface area contributed by atoms with Gasteiger partial charge in [-0.05, 0) is 31.6 Å². The Labute approximate surface area is 180 Å². The van der Waals surface area contributed by atoms with Crippen LogP contribution < -0.4 is 5.32 Å². The van der Waals surface area contributed by atoms with Crippen LogP contribution in [0.4, 0.5) is 4.39 Å². The molecule has 0 radical (unpaired) electrons. The van der Waals surface area contributed by atoms with Crippen LogP contribution in [0, 0.1) is 5.82 Å². The van der Waals surface area contributed by atoms with Crippen LogP contribution in [0.3, 0.4) is 0 Å². The lowest BCUT2D eigenvalue weighted by Crippen LogP contribution is -2.32. The fourth-order valence-electron chi connectivity index (χ4n) is 3.62. The van der Waals surface area contributed by atoms with Crippen molar-refractivity contribution in [2.45, 2.75) is 19.8 Å². The van der Waals surface area contributed by atoms with E-state index in [9.17, 15) is 14.0 Å². The number of halogens is 1. The molecule has 1 aliphatic heterocycles. The van der Waals surface area contributed by atoms with Crippen molar-refractivity contribution in [2.75, 3.05) is 13.7 Å². The normalized spacial score (nSPS) is 16.3. The summed E-state index contributed by atoms with van der Waals surface area (Å²) in [7, 11) is 1.25. The summed E-state index contributed by atoms with van der Waals surface area (Å²) in [5.74, 6) is -2.74. The third kappa shape index (κ3) is 4.91. The Hall–Kier alpha value is -3.67. The first-order valence-corrected chi connectivity index (χ1v) is 9.84. The molecule has 3 rings (SSSR count). The van der Waals surface area contributed by atoms with Gasteiger partial charge in [0, 0.05) is 17.0 Å². The second-order valence-corrected chi connectivity index (χ2v) is 7.06. The number of rotatable bonds is 6. The summed E-state index contributed by atoms with van der Waals surface area (Å²) in [5.41, 5.74) is 2.52. The summed E-state index contributed by atoms with van der Waals surface area (Å²) in [6, 6.07) is 15.7. The fraction of sp³-hybridized carbons (Fsp3) is 0.200. The van der Waals surface area contributed by atoms with Gasteiger partial charge in [-0.1, -0.05) is 54.6 Å². The standard InChI is InChI=1S/C25H24FNO4/c1-16-21(24(28)30-3)23(19-13-7-8-14-20(19)26)22(17(2)27-16)25(29)31-15-9-12-18-10-5-4-6-11-18/h4-14,23,27H,15H2,1-3H3/b12-9+. The number of allylic oxidation sites excluding steroid dienone is 2. The molecule has 1 aliphatic rings. The molecule has 0 spiro atoms. The first kappa shape index (κ1) is 22.0. The minimum absolute atomic E-state index is 0.0325. The third-order valence-electron chi connectivity index (χ3n) is 5.02. The number of carbonyl (C=O) groups excluding carboxylic acids is 2. The number of methoxy groups -OCH3 is 1. The maximum absolute atomic E-state index is 14.7. The van der Waals surface area contributed by atoms with Gasteiger partial charge >= 0.3 is 11.9 Å². The van der Waals surface area contributed by atoms with Gasteiger partial charge < -0.3 is 14.8 Å². The quantitative estimate of drug-likeness (QED) is 0.697. The van der Waals surface area contributed by atoms with Gasteiger partial charge in [0.2, 0.25) is 0 Å². The van der Waals surface area contributed by atoms with E-state index < -0.39 is 23.7 Å². The molecule has 1 atom stereocenters. The van der Waals surface area contributed by atoms with Crippen LogP contribution >= 0.6 is 0 Å². The van der Waals surface area contributed by atoms with Gasteiger partial charge in [-0.2, -0.15) is 0 Å². The Morgan fingerprint density at radius 2 is 1.58 bits per heavy atom. The molecule has 1 unspecified atom stereocenters. The van der Waals surface area contributed by atoms with E-state index in [-0.39, 0.29) is 23.3 Å². The van der Waals surface area contributed by atoms with Gasteiger partial charge in [0.05, 0.1) is 24.2 Å². The van der Waals surface area contributed by atoms with Gasteiger partial charge in [0.15, 0.2) is 0 Å². The fourth-order valence-corrected chi connectivity index (χ4v) is 3.62. The largest absolute Gasteiger partial charge is 0.466 e. The summed E-state index contributed by atoms with van der Waals surface area (Å²) >= 11 is 0. The maximum Gasteiger partial charge on any atom is 0.337 e. The molecule has 0 amide bonds. The highest BCUT2D eigenvalue weighted by Crippen LogP contribution is 2.40. The number of carbonyl (C=O) groups is 2. The molecule has 1 N–H and O–H groups in total. The van der Waals surface area contributed by atoms with E-state index in [4.69, 9.17) is 9.47 Å². The second kappa shape index (κ2) is 9.89. The molecular weight excluding hydrogens is 397 g/mol. The van der Waals surface area contributed by atoms with Crippen LogP contribution in [-0.4, -0.2) is 25.7 Å². The van der Waals surface area contributed by atoms with Gasteiger partial charge in [0.1, 0.15) is 12.4 Å². The van der Waals surface area contributed by atoms with E-state index in [1.807, 2.05) is 36.4 Å². The van der Waals surface area contributed by atoms with Gasteiger partial charge in [0.25, 0.3) is 0 Å². The second-order valence-electron chi connectivity index (χ2n) is 7.06. The number of ether oxygens (including phenoxy) is 2. The monoisotopic (exact) mass is 421 g/mol. The molecule has 2 aromatic carbocycles. The van der Waals surface area contributed by atoms with E-state index in [1.165, 1.54) is 13.2 Å². The minimum Gasteiger partial charge on any atom is -0.466 e. The maximum atomic E-state index is 14.7. The molecule has 0 bridgehead atoms. The van der Waals surface area contributed by atoms with E-state index in [0.29, 0.717) is 11.4 Å². The Kier molecular flexibility index (Phi) is 7.03. The molecule has 0 fully saturated rings. The van der Waals surface area contributed by atoms with Crippen LogP contribution in [0.25, 0.3) is 6.08 Å². The third-order valence-corrected chi connectivity index (χ3v) is 5.02. The van der Waals surface area contributed by atoms with Crippen molar-refractivity contribution in [1.29, 1.82) is 0 Å². The first-order chi connectivity index (χ1) is 14.9. The highest BCUT2D eigenvalue weighted by molar-refractivity contribution is 5.99. The van der Waals surface area contributed by atoms with E-state index >= 15 is 0 Å². The van der Waals surface area contributed by atoms with Crippen molar-refractivity contribution in [3.05, 3.63) is 100 Å². The zero-order valence-corrected chi connectivity index (χ0v) is 17.6. The van der Waals surface area contributed by atoms with Crippen molar-refractivity contribution < 1.29 is 23.5 Å². The van der Waals surface area contributed by atoms with Crippen molar-refractivity contribution in [2.24, 2.45) is 0 Å². The summed E-state index contributed by atoms with van der Waals surface area (Å²) in [4.78, 5) is 25.6. The van der Waals surface area contributed by atoms with E-state index in [0.717, 1.165) is 5.56 Å². The minimum atomic E-state index is -0.944. The van der Waals surface area contributed by atoms with E-state index in [2.05, 4.69) is 5.32 Å². The van der Waals surface area contributed by atoms with Crippen LogP contribution in [0.2, 0.25) is 0 Å². The molecule has 1 heterocycles. The highest BCUT2D eigenvalue weighted by Gasteiger charge is 2.38. The molecular formula is C25H24FNO4. The molecule has 31 heavy (non-hydrogen) atoms. The Balaban J connectivity index is 1.91. The lowest BCUT2D eigenvalue weighted by atomic mass is 9.80. The predicted octanol–water partition coefficient (Wildman–Crippen LogP) is 4.49. The summed E-state index contributed by atoms with van der Waals surface area (Å²) < 4.78 is 25.1. The highest BCUT2D eigenvalue weighted by atomic mass is 19.1. The topological polar surface area (TPSA) is 64.6 Å². The SMILES string of the molecule is COC(=O)C1=C(C)NC(C)=C(C(=O)OC/C=C/c2ccccc2)C1c1ccccc1F. The average Bonchev–Trinajstić information content (AvgIpc) is 2.76. The number of nitrogens with one attached hydrogen (secondary N) is 1. The summed E-state index contributed by atoms with van der Waals surface area (Å²) in [6.45, 7) is 3.42. The number of dihydropyridines is 1. The molecule has 0 aliphatic carbocycles. The molecule has 160 valence electrons. The van der Waals surface area contributed by atoms with Crippen molar-refractivity contribution in [3.8, 4) is 0 Å². The van der Waals surface area contributed by atoms with E-state index in [1.54, 1.807) is 38.1 Å².